The second kappa shape index (κ2) is 5.57. The van der Waals surface area contributed by atoms with E-state index in [9.17, 15) is 4.79 Å². The molecule has 1 aromatic carbocycles. The normalized spacial score (nSPS) is 22.8. The van der Waals surface area contributed by atoms with Crippen molar-refractivity contribution < 1.29 is 9.53 Å². The Hall–Kier alpha value is -1.61. The van der Waals surface area contributed by atoms with Crippen molar-refractivity contribution in [3.63, 3.8) is 0 Å². The molecule has 2 aliphatic rings. The van der Waals surface area contributed by atoms with Crippen LogP contribution in [-0.4, -0.2) is 25.2 Å². The third-order valence-corrected chi connectivity index (χ3v) is 3.90. The number of hydrogen-bond acceptors (Lipinski definition) is 2. The summed E-state index contributed by atoms with van der Waals surface area (Å²) in [6.07, 6.45) is 6.89. The van der Waals surface area contributed by atoms with Crippen molar-refractivity contribution in [2.24, 2.45) is 5.92 Å². The highest BCUT2D eigenvalue weighted by Crippen LogP contribution is 2.28. The second-order valence-corrected chi connectivity index (χ2v) is 5.20. The van der Waals surface area contributed by atoms with E-state index in [-0.39, 0.29) is 17.9 Å². The number of anilines is 1. The SMILES string of the molecule is O=C(C1CC=CC1)N(c1ccccc1)[C@@H]1CCOC1. The monoisotopic (exact) mass is 257 g/mol. The molecule has 0 unspecified atom stereocenters. The Morgan fingerprint density at radius 3 is 2.53 bits per heavy atom. The molecule has 0 N–H and O–H groups in total. The van der Waals surface area contributed by atoms with Crippen molar-refractivity contribution in [3.8, 4) is 0 Å². The Morgan fingerprint density at radius 2 is 1.89 bits per heavy atom. The van der Waals surface area contributed by atoms with Gasteiger partial charge in [-0.1, -0.05) is 30.4 Å². The van der Waals surface area contributed by atoms with Gasteiger partial charge < -0.3 is 9.64 Å². The first kappa shape index (κ1) is 12.4. The molecule has 0 saturated carbocycles. The van der Waals surface area contributed by atoms with Crippen LogP contribution in [0.3, 0.4) is 0 Å². The summed E-state index contributed by atoms with van der Waals surface area (Å²) in [5.74, 6) is 0.354. The molecular formula is C16H19NO2. The number of allylic oxidation sites excluding steroid dienone is 2. The van der Waals surface area contributed by atoms with Gasteiger partial charge in [-0.3, -0.25) is 4.79 Å². The van der Waals surface area contributed by atoms with Crippen LogP contribution in [-0.2, 0) is 9.53 Å². The van der Waals surface area contributed by atoms with Crippen molar-refractivity contribution in [3.05, 3.63) is 42.5 Å². The summed E-state index contributed by atoms with van der Waals surface area (Å²) in [4.78, 5) is 14.7. The number of para-hydroxylation sites is 1. The zero-order chi connectivity index (χ0) is 13.1. The molecule has 1 atom stereocenters. The minimum atomic E-state index is 0.112. The molecule has 19 heavy (non-hydrogen) atoms. The maximum atomic E-state index is 12.8. The third kappa shape index (κ3) is 2.56. The van der Waals surface area contributed by atoms with Crippen molar-refractivity contribution in [2.45, 2.75) is 25.3 Å². The maximum Gasteiger partial charge on any atom is 0.231 e. The molecule has 0 bridgehead atoms. The van der Waals surface area contributed by atoms with Crippen LogP contribution in [0.15, 0.2) is 42.5 Å². The first-order valence-corrected chi connectivity index (χ1v) is 6.97. The zero-order valence-corrected chi connectivity index (χ0v) is 11.0. The first-order chi connectivity index (χ1) is 9.36. The Kier molecular flexibility index (Phi) is 3.65. The van der Waals surface area contributed by atoms with E-state index in [0.29, 0.717) is 6.61 Å². The molecule has 3 heteroatoms. The van der Waals surface area contributed by atoms with Gasteiger partial charge in [-0.25, -0.2) is 0 Å². The van der Waals surface area contributed by atoms with Gasteiger partial charge >= 0.3 is 0 Å². The summed E-state index contributed by atoms with van der Waals surface area (Å²) in [5.41, 5.74) is 0.995. The van der Waals surface area contributed by atoms with Gasteiger partial charge in [0, 0.05) is 18.2 Å². The summed E-state index contributed by atoms with van der Waals surface area (Å²) in [6, 6.07) is 10.2. The van der Waals surface area contributed by atoms with E-state index < -0.39 is 0 Å². The van der Waals surface area contributed by atoms with E-state index in [1.807, 2.05) is 35.2 Å². The summed E-state index contributed by atoms with van der Waals surface area (Å²) in [6.45, 7) is 1.41. The summed E-state index contributed by atoms with van der Waals surface area (Å²) < 4.78 is 5.46. The van der Waals surface area contributed by atoms with E-state index in [2.05, 4.69) is 12.2 Å². The van der Waals surface area contributed by atoms with Crippen LogP contribution in [0.2, 0.25) is 0 Å². The highest BCUT2D eigenvalue weighted by atomic mass is 16.5. The molecule has 1 heterocycles. The minimum absolute atomic E-state index is 0.112. The zero-order valence-electron chi connectivity index (χ0n) is 11.0. The molecule has 100 valence electrons. The van der Waals surface area contributed by atoms with E-state index in [1.165, 1.54) is 0 Å². The van der Waals surface area contributed by atoms with Gasteiger partial charge in [0.25, 0.3) is 0 Å². The summed E-state index contributed by atoms with van der Waals surface area (Å²) in [5, 5.41) is 0. The summed E-state index contributed by atoms with van der Waals surface area (Å²) >= 11 is 0. The van der Waals surface area contributed by atoms with Crippen LogP contribution in [0.5, 0.6) is 0 Å². The fourth-order valence-electron chi connectivity index (χ4n) is 2.85. The minimum Gasteiger partial charge on any atom is -0.379 e. The fraction of sp³-hybridized carbons (Fsp3) is 0.438. The van der Waals surface area contributed by atoms with Gasteiger partial charge in [-0.05, 0) is 31.4 Å². The highest BCUT2D eigenvalue weighted by molar-refractivity contribution is 5.96. The van der Waals surface area contributed by atoms with Crippen molar-refractivity contribution >= 4 is 11.6 Å². The van der Waals surface area contributed by atoms with E-state index >= 15 is 0 Å². The number of ether oxygens (including phenoxy) is 1. The fourth-order valence-corrected chi connectivity index (χ4v) is 2.85. The molecule has 3 nitrogen and oxygen atoms in total. The van der Waals surface area contributed by atoms with Crippen LogP contribution >= 0.6 is 0 Å². The van der Waals surface area contributed by atoms with Gasteiger partial charge in [0.2, 0.25) is 5.91 Å². The van der Waals surface area contributed by atoms with Crippen LogP contribution in [0.25, 0.3) is 0 Å². The Morgan fingerprint density at radius 1 is 1.16 bits per heavy atom. The predicted molar refractivity (Wildman–Crippen MR) is 75.0 cm³/mol. The van der Waals surface area contributed by atoms with Gasteiger partial charge in [0.1, 0.15) is 0 Å². The number of rotatable bonds is 3. The topological polar surface area (TPSA) is 29.5 Å². The number of nitrogens with zero attached hydrogens (tertiary/aromatic N) is 1. The number of carbonyl (C=O) groups is 1. The largest absolute Gasteiger partial charge is 0.379 e. The highest BCUT2D eigenvalue weighted by Gasteiger charge is 2.32. The molecule has 1 aliphatic carbocycles. The lowest BCUT2D eigenvalue weighted by Crippen LogP contribution is -2.43. The molecule has 0 spiro atoms. The number of benzene rings is 1. The van der Waals surface area contributed by atoms with E-state index in [4.69, 9.17) is 4.74 Å². The van der Waals surface area contributed by atoms with Crippen LogP contribution in [0.4, 0.5) is 5.69 Å². The smallest absolute Gasteiger partial charge is 0.231 e. The standard InChI is InChI=1S/C16H19NO2/c18-16(13-6-4-5-7-13)17(15-10-11-19-12-15)14-8-2-1-3-9-14/h1-5,8-9,13,15H,6-7,10-12H2/t15-/m1/s1. The Balaban J connectivity index is 1.85. The Bertz CT molecular complexity index is 455. The van der Waals surface area contributed by atoms with Crippen molar-refractivity contribution in [1.29, 1.82) is 0 Å². The molecule has 0 aromatic heterocycles. The lowest BCUT2D eigenvalue weighted by molar-refractivity contribution is -0.122. The van der Waals surface area contributed by atoms with Gasteiger partial charge in [-0.15, -0.1) is 0 Å². The van der Waals surface area contributed by atoms with Gasteiger partial charge in [0.15, 0.2) is 0 Å². The van der Waals surface area contributed by atoms with Crippen LogP contribution in [0, 0.1) is 5.92 Å². The molecule has 1 aliphatic heterocycles. The van der Waals surface area contributed by atoms with E-state index in [1.54, 1.807) is 0 Å². The first-order valence-electron chi connectivity index (χ1n) is 6.97. The lowest BCUT2D eigenvalue weighted by atomic mass is 10.0. The maximum absolute atomic E-state index is 12.8. The molecule has 3 rings (SSSR count). The quantitative estimate of drug-likeness (QED) is 0.779. The van der Waals surface area contributed by atoms with Crippen LogP contribution < -0.4 is 4.90 Å². The molecular weight excluding hydrogens is 238 g/mol. The molecule has 1 saturated heterocycles. The van der Waals surface area contributed by atoms with Crippen molar-refractivity contribution in [2.75, 3.05) is 18.1 Å². The van der Waals surface area contributed by atoms with Crippen molar-refractivity contribution in [1.82, 2.24) is 0 Å². The lowest BCUT2D eigenvalue weighted by Gasteiger charge is -2.30. The second-order valence-electron chi connectivity index (χ2n) is 5.20. The Labute approximate surface area is 113 Å². The molecule has 1 aromatic rings. The summed E-state index contributed by atoms with van der Waals surface area (Å²) in [7, 11) is 0. The van der Waals surface area contributed by atoms with Gasteiger partial charge in [-0.2, -0.15) is 0 Å². The predicted octanol–water partition coefficient (Wildman–Crippen LogP) is 2.77. The number of amides is 1. The molecule has 1 amide bonds. The number of carbonyl (C=O) groups excluding carboxylic acids is 1. The third-order valence-electron chi connectivity index (χ3n) is 3.90. The average molecular weight is 257 g/mol. The molecule has 0 radical (unpaired) electrons. The number of hydrogen-bond donors (Lipinski definition) is 0. The average Bonchev–Trinajstić information content (AvgIpc) is 3.13. The van der Waals surface area contributed by atoms with E-state index in [0.717, 1.165) is 31.6 Å². The molecule has 1 fully saturated rings. The van der Waals surface area contributed by atoms with Crippen LogP contribution in [0.1, 0.15) is 19.3 Å². The van der Waals surface area contributed by atoms with Gasteiger partial charge in [0.05, 0.1) is 12.6 Å².